The second kappa shape index (κ2) is 4.75. The molecule has 3 rings (SSSR count). The van der Waals surface area contributed by atoms with Crippen molar-refractivity contribution >= 4 is 17.4 Å². The van der Waals surface area contributed by atoms with Crippen LogP contribution in [-0.4, -0.2) is 51.0 Å². The van der Waals surface area contributed by atoms with Gasteiger partial charge in [0.25, 0.3) is 0 Å². The molecule has 1 aliphatic rings. The Labute approximate surface area is 115 Å². The van der Waals surface area contributed by atoms with Crippen molar-refractivity contribution in [3.8, 4) is 0 Å². The highest BCUT2D eigenvalue weighted by molar-refractivity contribution is 5.94. The molecule has 1 saturated heterocycles. The number of anilines is 1. The number of hydrogen-bond acceptors (Lipinski definition) is 5. The summed E-state index contributed by atoms with van der Waals surface area (Å²) in [6.45, 7) is 5.45. The van der Waals surface area contributed by atoms with Crippen molar-refractivity contribution in [2.75, 3.05) is 18.1 Å². The second-order valence-electron chi connectivity index (χ2n) is 5.06. The second-order valence-corrected chi connectivity index (χ2v) is 5.06. The quantitative estimate of drug-likeness (QED) is 0.883. The number of aromatic carboxylic acids is 1. The molecular weight excluding hydrogens is 260 g/mol. The lowest BCUT2D eigenvalue weighted by Crippen LogP contribution is -2.47. The Morgan fingerprint density at radius 3 is 3.05 bits per heavy atom. The van der Waals surface area contributed by atoms with Crippen LogP contribution in [0.5, 0.6) is 0 Å². The highest BCUT2D eigenvalue weighted by Crippen LogP contribution is 2.21. The number of carboxylic acid groups (broad SMARTS) is 1. The summed E-state index contributed by atoms with van der Waals surface area (Å²) in [7, 11) is 0. The highest BCUT2D eigenvalue weighted by Gasteiger charge is 2.25. The van der Waals surface area contributed by atoms with E-state index in [1.807, 2.05) is 13.0 Å². The van der Waals surface area contributed by atoms with E-state index in [-0.39, 0.29) is 17.7 Å². The van der Waals surface area contributed by atoms with Crippen molar-refractivity contribution in [2.45, 2.75) is 26.0 Å². The summed E-state index contributed by atoms with van der Waals surface area (Å²) in [6.07, 6.45) is 3.18. The molecule has 106 valence electrons. The van der Waals surface area contributed by atoms with Crippen LogP contribution in [0.3, 0.4) is 0 Å². The third kappa shape index (κ3) is 2.09. The maximum absolute atomic E-state index is 11.2. The number of nitrogens with zero attached hydrogens (tertiary/aromatic N) is 4. The molecule has 0 radical (unpaired) electrons. The number of carboxylic acids is 1. The Bertz CT molecular complexity index is 654. The molecule has 0 amide bonds. The first kappa shape index (κ1) is 12.9. The highest BCUT2D eigenvalue weighted by atomic mass is 16.5. The largest absolute Gasteiger partial charge is 0.477 e. The van der Waals surface area contributed by atoms with Crippen molar-refractivity contribution in [3.63, 3.8) is 0 Å². The summed E-state index contributed by atoms with van der Waals surface area (Å²) in [4.78, 5) is 17.7. The topological polar surface area (TPSA) is 80.0 Å². The molecule has 7 nitrogen and oxygen atoms in total. The molecular formula is C13H16N4O3. The molecule has 0 aromatic carbocycles. The van der Waals surface area contributed by atoms with Gasteiger partial charge in [0.15, 0.2) is 5.65 Å². The third-order valence-electron chi connectivity index (χ3n) is 3.49. The summed E-state index contributed by atoms with van der Waals surface area (Å²) >= 11 is 0. The zero-order chi connectivity index (χ0) is 14.3. The smallest absolute Gasteiger partial charge is 0.341 e. The van der Waals surface area contributed by atoms with Crippen molar-refractivity contribution in [1.82, 2.24) is 14.6 Å². The number of rotatable bonds is 2. The Balaban J connectivity index is 2.03. The SMILES string of the molecule is C[C@@H]1CN(c2ccn3ncc(C(=O)O)c3n2)[C@H](C)CO1. The lowest BCUT2D eigenvalue weighted by atomic mass is 10.2. The van der Waals surface area contributed by atoms with E-state index in [1.165, 1.54) is 10.7 Å². The zero-order valence-electron chi connectivity index (χ0n) is 11.4. The molecule has 2 aromatic rings. The first-order chi connectivity index (χ1) is 9.56. The summed E-state index contributed by atoms with van der Waals surface area (Å²) in [5.74, 6) is -0.267. The van der Waals surface area contributed by atoms with Gasteiger partial charge in [0.1, 0.15) is 11.4 Å². The van der Waals surface area contributed by atoms with Gasteiger partial charge in [-0.15, -0.1) is 0 Å². The predicted octanol–water partition coefficient (Wildman–Crippen LogP) is 1.04. The van der Waals surface area contributed by atoms with Crippen LogP contribution >= 0.6 is 0 Å². The molecule has 2 aromatic heterocycles. The van der Waals surface area contributed by atoms with Gasteiger partial charge in [0, 0.05) is 12.7 Å². The maximum atomic E-state index is 11.2. The Morgan fingerprint density at radius 2 is 2.30 bits per heavy atom. The first-order valence-corrected chi connectivity index (χ1v) is 6.52. The third-order valence-corrected chi connectivity index (χ3v) is 3.49. The fourth-order valence-corrected chi connectivity index (χ4v) is 2.39. The van der Waals surface area contributed by atoms with E-state index < -0.39 is 5.97 Å². The number of morpholine rings is 1. The van der Waals surface area contributed by atoms with Gasteiger partial charge in [-0.05, 0) is 19.9 Å². The van der Waals surface area contributed by atoms with Crippen LogP contribution in [0.25, 0.3) is 5.65 Å². The summed E-state index contributed by atoms with van der Waals surface area (Å²) < 4.78 is 7.07. The molecule has 0 unspecified atom stereocenters. The van der Waals surface area contributed by atoms with Crippen molar-refractivity contribution in [3.05, 3.63) is 24.0 Å². The van der Waals surface area contributed by atoms with Crippen LogP contribution in [0.2, 0.25) is 0 Å². The van der Waals surface area contributed by atoms with E-state index in [2.05, 4.69) is 21.9 Å². The van der Waals surface area contributed by atoms with E-state index in [0.29, 0.717) is 12.3 Å². The van der Waals surface area contributed by atoms with E-state index in [9.17, 15) is 4.79 Å². The minimum atomic E-state index is -1.02. The first-order valence-electron chi connectivity index (χ1n) is 6.52. The molecule has 3 heterocycles. The Morgan fingerprint density at radius 1 is 1.50 bits per heavy atom. The number of fused-ring (bicyclic) bond motifs is 1. The van der Waals surface area contributed by atoms with E-state index in [0.717, 1.165) is 12.4 Å². The van der Waals surface area contributed by atoms with Crippen molar-refractivity contribution < 1.29 is 14.6 Å². The van der Waals surface area contributed by atoms with Gasteiger partial charge < -0.3 is 14.7 Å². The molecule has 0 spiro atoms. The molecule has 0 aliphatic carbocycles. The average molecular weight is 276 g/mol. The van der Waals surface area contributed by atoms with Crippen LogP contribution in [0.15, 0.2) is 18.5 Å². The monoisotopic (exact) mass is 276 g/mol. The van der Waals surface area contributed by atoms with E-state index in [4.69, 9.17) is 9.84 Å². The van der Waals surface area contributed by atoms with E-state index in [1.54, 1.807) is 6.20 Å². The lowest BCUT2D eigenvalue weighted by Gasteiger charge is -2.37. The van der Waals surface area contributed by atoms with E-state index >= 15 is 0 Å². The van der Waals surface area contributed by atoms with Gasteiger partial charge in [-0.1, -0.05) is 0 Å². The van der Waals surface area contributed by atoms with Crippen molar-refractivity contribution in [1.29, 1.82) is 0 Å². The molecule has 1 fully saturated rings. The van der Waals surface area contributed by atoms with Crippen LogP contribution in [0, 0.1) is 0 Å². The van der Waals surface area contributed by atoms with Gasteiger partial charge in [0.05, 0.1) is 24.9 Å². The molecule has 1 aliphatic heterocycles. The normalized spacial score (nSPS) is 23.2. The molecule has 2 atom stereocenters. The minimum Gasteiger partial charge on any atom is -0.477 e. The zero-order valence-corrected chi connectivity index (χ0v) is 11.4. The molecule has 7 heteroatoms. The van der Waals surface area contributed by atoms with Gasteiger partial charge >= 0.3 is 5.97 Å². The summed E-state index contributed by atoms with van der Waals surface area (Å²) in [6, 6.07) is 2.05. The number of aromatic nitrogens is 3. The van der Waals surface area contributed by atoms with Crippen molar-refractivity contribution in [2.24, 2.45) is 0 Å². The van der Waals surface area contributed by atoms with Crippen LogP contribution in [0.4, 0.5) is 5.82 Å². The summed E-state index contributed by atoms with van der Waals surface area (Å²) in [5.41, 5.74) is 0.474. The van der Waals surface area contributed by atoms with Crippen LogP contribution < -0.4 is 4.90 Å². The fraction of sp³-hybridized carbons (Fsp3) is 0.462. The Hall–Kier alpha value is -2.15. The van der Waals surface area contributed by atoms with Gasteiger partial charge in [0.2, 0.25) is 0 Å². The Kier molecular flexibility index (Phi) is 3.06. The average Bonchev–Trinajstić information content (AvgIpc) is 2.84. The molecule has 20 heavy (non-hydrogen) atoms. The van der Waals surface area contributed by atoms with Gasteiger partial charge in [-0.25, -0.2) is 14.3 Å². The maximum Gasteiger partial charge on any atom is 0.341 e. The lowest BCUT2D eigenvalue weighted by molar-refractivity contribution is 0.0340. The minimum absolute atomic E-state index is 0.112. The standard InChI is InChI=1S/C13H16N4O3/c1-8-7-20-9(2)6-16(8)11-3-4-17-12(15-11)10(5-14-17)13(18)19/h3-5,8-9H,6-7H2,1-2H3,(H,18,19)/t8-,9-/m1/s1. The van der Waals surface area contributed by atoms with Gasteiger partial charge in [-0.3, -0.25) is 0 Å². The number of hydrogen-bond donors (Lipinski definition) is 1. The predicted molar refractivity (Wildman–Crippen MR) is 72.2 cm³/mol. The summed E-state index contributed by atoms with van der Waals surface area (Å²) in [5, 5.41) is 13.1. The van der Waals surface area contributed by atoms with Crippen LogP contribution in [-0.2, 0) is 4.74 Å². The van der Waals surface area contributed by atoms with Crippen LogP contribution in [0.1, 0.15) is 24.2 Å². The fourth-order valence-electron chi connectivity index (χ4n) is 2.39. The molecule has 0 bridgehead atoms. The molecule has 0 saturated carbocycles. The number of carbonyl (C=O) groups is 1. The molecule has 1 N–H and O–H groups in total. The number of ether oxygens (including phenoxy) is 1. The van der Waals surface area contributed by atoms with Gasteiger partial charge in [-0.2, -0.15) is 5.10 Å².